The van der Waals surface area contributed by atoms with E-state index >= 15 is 0 Å². The minimum Gasteiger partial charge on any atom is -0.493 e. The van der Waals surface area contributed by atoms with Gasteiger partial charge in [0.05, 0.1) is 12.3 Å². The number of aromatic hydroxyl groups is 1. The Morgan fingerprint density at radius 1 is 1.11 bits per heavy atom. The Balaban J connectivity index is 1.66. The van der Waals surface area contributed by atoms with E-state index in [0.29, 0.717) is 21.3 Å². The number of amides is 1. The predicted octanol–water partition coefficient (Wildman–Crippen LogP) is 4.48. The number of nitrogens with zero attached hydrogens (tertiary/aromatic N) is 1. The molecule has 0 radical (unpaired) electrons. The topological polar surface area (TPSA) is 117 Å². The first-order valence-electron chi connectivity index (χ1n) is 11.5. The zero-order chi connectivity index (χ0) is 26.4. The van der Waals surface area contributed by atoms with Gasteiger partial charge in [-0.3, -0.25) is 9.36 Å². The Kier molecular flexibility index (Phi) is 8.62. The van der Waals surface area contributed by atoms with Crippen molar-refractivity contribution >= 4 is 34.2 Å². The number of hydrogen-bond donors (Lipinski definition) is 4. The summed E-state index contributed by atoms with van der Waals surface area (Å²) in [4.78, 5) is 29.0. The number of anilines is 1. The molecular weight excluding hydrogens is 592 g/mol. The van der Waals surface area contributed by atoms with Gasteiger partial charge in [-0.05, 0) is 83.5 Å². The van der Waals surface area contributed by atoms with Crippen LogP contribution in [0.3, 0.4) is 0 Å². The Morgan fingerprint density at radius 2 is 1.84 bits per heavy atom. The number of aromatic amines is 1. The number of ether oxygens (including phenoxy) is 1. The largest absolute Gasteiger partial charge is 0.493 e. The van der Waals surface area contributed by atoms with Crippen LogP contribution >= 0.6 is 22.6 Å². The van der Waals surface area contributed by atoms with Crippen molar-refractivity contribution < 1.29 is 24.1 Å². The number of H-pyrrole nitrogens is 1. The Hall–Kier alpha value is -3.64. The second kappa shape index (κ2) is 12.1. The van der Waals surface area contributed by atoms with E-state index in [1.807, 2.05) is 52.9 Å². The molecule has 4 rings (SSSR count). The van der Waals surface area contributed by atoms with Crippen LogP contribution in [0.15, 0.2) is 77.6 Å². The summed E-state index contributed by atoms with van der Waals surface area (Å²) in [5, 5.41) is 22.5. The van der Waals surface area contributed by atoms with E-state index in [-0.39, 0.29) is 31.0 Å². The van der Waals surface area contributed by atoms with E-state index in [4.69, 9.17) is 9.84 Å². The van der Waals surface area contributed by atoms with E-state index in [1.54, 1.807) is 30.3 Å². The number of carbonyl (C=O) groups excluding carboxylic acids is 1. The van der Waals surface area contributed by atoms with Gasteiger partial charge in [-0.25, -0.2) is 9.18 Å². The first kappa shape index (κ1) is 26.4. The minimum atomic E-state index is -1.12. The minimum absolute atomic E-state index is 0.0168. The normalized spacial score (nSPS) is 11.8. The maximum atomic E-state index is 14.5. The molecule has 37 heavy (non-hydrogen) atoms. The van der Waals surface area contributed by atoms with Crippen molar-refractivity contribution in [3.05, 3.63) is 98.2 Å². The van der Waals surface area contributed by atoms with Crippen molar-refractivity contribution in [2.24, 2.45) is 0 Å². The highest BCUT2D eigenvalue weighted by Gasteiger charge is 2.28. The smallest absolute Gasteiger partial charge is 0.329 e. The summed E-state index contributed by atoms with van der Waals surface area (Å²) in [5.74, 6) is -1.13. The fourth-order valence-electron chi connectivity index (χ4n) is 3.94. The molecule has 0 bridgehead atoms. The van der Waals surface area contributed by atoms with Gasteiger partial charge in [-0.1, -0.05) is 30.3 Å². The summed E-state index contributed by atoms with van der Waals surface area (Å²) in [6.45, 7) is 0.00836. The van der Waals surface area contributed by atoms with Gasteiger partial charge in [0.25, 0.3) is 0 Å². The lowest BCUT2D eigenvalue weighted by molar-refractivity contribution is -0.119. The fraction of sp³-hybridized carbons (Fsp3) is 0.185. The van der Waals surface area contributed by atoms with Crippen LogP contribution in [-0.4, -0.2) is 38.9 Å². The molecule has 8 nitrogen and oxygen atoms in total. The Morgan fingerprint density at radius 3 is 2.51 bits per heavy atom. The van der Waals surface area contributed by atoms with E-state index < -0.39 is 29.3 Å². The van der Waals surface area contributed by atoms with Gasteiger partial charge in [0, 0.05) is 9.13 Å². The third-order valence-electron chi connectivity index (χ3n) is 5.76. The number of benzene rings is 3. The molecular formula is C27H25FIN3O5. The molecule has 10 heteroatoms. The molecule has 0 aliphatic rings. The second-order valence-electron chi connectivity index (χ2n) is 8.25. The number of carbonyl (C=O) groups is 1. The lowest BCUT2D eigenvalue weighted by Gasteiger charge is -2.19. The number of aliphatic hydroxyl groups is 1. The molecule has 0 aliphatic heterocycles. The SMILES string of the molecule is O=C(Nc1ccc(I)cc1F)[C@H](CCc1ccccc1)n1c(O)c(-c2ccc(OCCO)cc2)[nH]c1=O. The standard InChI is InChI=1S/C27H25FIN3O5/c28-21-16-19(29)9-12-22(21)30-25(34)23(13-6-17-4-2-1-3-5-17)32-26(35)24(31-27(32)36)18-7-10-20(11-8-18)37-15-14-33/h1-5,7-12,16,23,33,35H,6,13-15H2,(H,30,34)(H,31,36)/t23-/m0/s1. The summed E-state index contributed by atoms with van der Waals surface area (Å²) in [7, 11) is 0. The van der Waals surface area contributed by atoms with Crippen molar-refractivity contribution in [2.75, 3.05) is 18.5 Å². The summed E-state index contributed by atoms with van der Waals surface area (Å²) in [6.07, 6.45) is 0.623. The van der Waals surface area contributed by atoms with Crippen LogP contribution in [0.4, 0.5) is 10.1 Å². The first-order valence-corrected chi connectivity index (χ1v) is 12.6. The molecule has 0 spiro atoms. The third-order valence-corrected chi connectivity index (χ3v) is 6.43. The van der Waals surface area contributed by atoms with Crippen LogP contribution in [0.5, 0.6) is 11.6 Å². The summed E-state index contributed by atoms with van der Waals surface area (Å²) in [5.41, 5.74) is 0.885. The van der Waals surface area contributed by atoms with Gasteiger partial charge in [0.15, 0.2) is 0 Å². The van der Waals surface area contributed by atoms with Crippen molar-refractivity contribution in [3.8, 4) is 22.9 Å². The zero-order valence-electron chi connectivity index (χ0n) is 19.7. The number of aryl methyl sites for hydroxylation is 1. The number of aromatic nitrogens is 2. The first-order chi connectivity index (χ1) is 17.9. The molecule has 3 aromatic carbocycles. The number of rotatable bonds is 10. The van der Waals surface area contributed by atoms with Gasteiger partial charge in [-0.15, -0.1) is 0 Å². The maximum absolute atomic E-state index is 14.5. The summed E-state index contributed by atoms with van der Waals surface area (Å²) >= 11 is 1.97. The van der Waals surface area contributed by atoms with Gasteiger partial charge < -0.3 is 25.3 Å². The Bertz CT molecular complexity index is 1420. The lowest BCUT2D eigenvalue weighted by Crippen LogP contribution is -2.32. The van der Waals surface area contributed by atoms with Crippen molar-refractivity contribution in [3.63, 3.8) is 0 Å². The van der Waals surface area contributed by atoms with Gasteiger partial charge in [-0.2, -0.15) is 0 Å². The molecule has 1 aromatic heterocycles. The average molecular weight is 617 g/mol. The average Bonchev–Trinajstić information content (AvgIpc) is 3.19. The van der Waals surface area contributed by atoms with E-state index in [2.05, 4.69) is 10.3 Å². The predicted molar refractivity (Wildman–Crippen MR) is 146 cm³/mol. The van der Waals surface area contributed by atoms with Crippen molar-refractivity contribution in [1.29, 1.82) is 0 Å². The fourth-order valence-corrected chi connectivity index (χ4v) is 4.40. The summed E-state index contributed by atoms with van der Waals surface area (Å²) < 4.78 is 21.5. The van der Waals surface area contributed by atoms with Crippen molar-refractivity contribution in [2.45, 2.75) is 18.9 Å². The molecule has 0 saturated heterocycles. The van der Waals surface area contributed by atoms with Crippen LogP contribution in [0.1, 0.15) is 18.0 Å². The molecule has 4 aromatic rings. The number of hydrogen-bond acceptors (Lipinski definition) is 5. The van der Waals surface area contributed by atoms with Crippen LogP contribution in [0.25, 0.3) is 11.3 Å². The zero-order valence-corrected chi connectivity index (χ0v) is 21.8. The van der Waals surface area contributed by atoms with Crippen LogP contribution in [0, 0.1) is 9.39 Å². The number of nitrogens with one attached hydrogen (secondary N) is 2. The quantitative estimate of drug-likeness (QED) is 0.196. The second-order valence-corrected chi connectivity index (χ2v) is 9.49. The summed E-state index contributed by atoms with van der Waals surface area (Å²) in [6, 6.07) is 19.3. The molecule has 4 N–H and O–H groups in total. The van der Waals surface area contributed by atoms with Gasteiger partial charge in [0.2, 0.25) is 11.8 Å². The number of aliphatic hydroxyl groups excluding tert-OH is 1. The van der Waals surface area contributed by atoms with Gasteiger partial charge in [0.1, 0.15) is 29.9 Å². The molecule has 1 atom stereocenters. The monoisotopic (exact) mass is 617 g/mol. The van der Waals surface area contributed by atoms with Crippen molar-refractivity contribution in [1.82, 2.24) is 9.55 Å². The highest BCUT2D eigenvalue weighted by molar-refractivity contribution is 14.1. The molecule has 0 aliphatic carbocycles. The molecule has 0 fully saturated rings. The van der Waals surface area contributed by atoms with E-state index in [9.17, 15) is 19.1 Å². The third kappa shape index (κ3) is 6.38. The van der Waals surface area contributed by atoms with Crippen LogP contribution in [0.2, 0.25) is 0 Å². The molecule has 192 valence electrons. The van der Waals surface area contributed by atoms with E-state index in [1.165, 1.54) is 12.1 Å². The molecule has 0 saturated carbocycles. The lowest BCUT2D eigenvalue weighted by atomic mass is 10.0. The number of halogens is 2. The highest BCUT2D eigenvalue weighted by atomic mass is 127. The molecule has 1 heterocycles. The highest BCUT2D eigenvalue weighted by Crippen LogP contribution is 2.31. The van der Waals surface area contributed by atoms with Gasteiger partial charge >= 0.3 is 5.69 Å². The van der Waals surface area contributed by atoms with E-state index in [0.717, 1.165) is 10.1 Å². The van der Waals surface area contributed by atoms with Crippen LogP contribution < -0.4 is 15.7 Å². The number of imidazole rings is 1. The molecule has 1 amide bonds. The van der Waals surface area contributed by atoms with Crippen LogP contribution in [-0.2, 0) is 11.2 Å². The maximum Gasteiger partial charge on any atom is 0.329 e. The molecule has 0 unspecified atom stereocenters. The Labute approximate surface area is 225 Å².